The predicted molar refractivity (Wildman–Crippen MR) is 105 cm³/mol. The molecule has 0 saturated heterocycles. The van der Waals surface area contributed by atoms with Crippen molar-refractivity contribution in [2.24, 2.45) is 0 Å². The van der Waals surface area contributed by atoms with Crippen molar-refractivity contribution in [3.63, 3.8) is 0 Å². The van der Waals surface area contributed by atoms with Crippen molar-refractivity contribution in [3.05, 3.63) is 72.2 Å². The van der Waals surface area contributed by atoms with E-state index in [2.05, 4.69) is 10.6 Å². The molecule has 0 fully saturated rings. The van der Waals surface area contributed by atoms with Gasteiger partial charge in [0.1, 0.15) is 11.5 Å². The van der Waals surface area contributed by atoms with Crippen LogP contribution in [0, 0.1) is 6.92 Å². The molecule has 2 N–H and O–H groups in total. The number of ether oxygens (including phenoxy) is 2. The van der Waals surface area contributed by atoms with Gasteiger partial charge in [0.2, 0.25) is 0 Å². The van der Waals surface area contributed by atoms with Crippen LogP contribution in [-0.4, -0.2) is 25.5 Å². The van der Waals surface area contributed by atoms with Gasteiger partial charge in [0, 0.05) is 5.69 Å². The van der Waals surface area contributed by atoms with Gasteiger partial charge in [-0.1, -0.05) is 12.1 Å². The van der Waals surface area contributed by atoms with Crippen molar-refractivity contribution in [1.82, 2.24) is 0 Å². The molecule has 7 nitrogen and oxygen atoms in total. The Kier molecular flexibility index (Phi) is 5.96. The van der Waals surface area contributed by atoms with E-state index in [9.17, 15) is 9.59 Å². The zero-order valence-electron chi connectivity index (χ0n) is 15.5. The minimum atomic E-state index is -0.393. The largest absolute Gasteiger partial charge is 0.495 e. The number of rotatable bonds is 7. The SMILES string of the molecule is COc1ccc(NC(=O)c2ccco2)cc1NC(=O)COc1cccc(C)c1. The summed E-state index contributed by atoms with van der Waals surface area (Å²) in [5, 5.41) is 5.43. The molecule has 3 aromatic rings. The monoisotopic (exact) mass is 380 g/mol. The molecule has 0 aliphatic carbocycles. The summed E-state index contributed by atoms with van der Waals surface area (Å²) < 4.78 is 15.8. The summed E-state index contributed by atoms with van der Waals surface area (Å²) >= 11 is 0. The summed E-state index contributed by atoms with van der Waals surface area (Å²) in [6.45, 7) is 1.79. The molecule has 1 aromatic heterocycles. The molecule has 2 aromatic carbocycles. The van der Waals surface area contributed by atoms with E-state index in [1.807, 2.05) is 25.1 Å². The lowest BCUT2D eigenvalue weighted by Crippen LogP contribution is -2.20. The van der Waals surface area contributed by atoms with Crippen molar-refractivity contribution in [1.29, 1.82) is 0 Å². The number of aryl methyl sites for hydroxylation is 1. The van der Waals surface area contributed by atoms with Crippen LogP contribution in [0.3, 0.4) is 0 Å². The Bertz CT molecular complexity index is 967. The molecule has 0 aliphatic heterocycles. The number of carbonyl (C=O) groups excluding carboxylic acids is 2. The number of nitrogens with one attached hydrogen (secondary N) is 2. The van der Waals surface area contributed by atoms with Gasteiger partial charge in [0.15, 0.2) is 12.4 Å². The van der Waals surface area contributed by atoms with Crippen molar-refractivity contribution in [3.8, 4) is 11.5 Å². The lowest BCUT2D eigenvalue weighted by atomic mass is 10.2. The average molecular weight is 380 g/mol. The number of methoxy groups -OCH3 is 1. The highest BCUT2D eigenvalue weighted by molar-refractivity contribution is 6.03. The molecule has 28 heavy (non-hydrogen) atoms. The lowest BCUT2D eigenvalue weighted by Gasteiger charge is -2.13. The van der Waals surface area contributed by atoms with Gasteiger partial charge in [-0.25, -0.2) is 0 Å². The zero-order valence-corrected chi connectivity index (χ0v) is 15.5. The third-order valence-corrected chi connectivity index (χ3v) is 3.84. The normalized spacial score (nSPS) is 10.2. The molecule has 144 valence electrons. The predicted octanol–water partition coefficient (Wildman–Crippen LogP) is 3.87. The van der Waals surface area contributed by atoms with Gasteiger partial charge < -0.3 is 24.5 Å². The second-order valence-corrected chi connectivity index (χ2v) is 6.00. The van der Waals surface area contributed by atoms with Crippen LogP contribution in [0.5, 0.6) is 11.5 Å². The summed E-state index contributed by atoms with van der Waals surface area (Å²) in [5.41, 5.74) is 1.94. The minimum absolute atomic E-state index is 0.157. The number of anilines is 2. The van der Waals surface area contributed by atoms with Crippen LogP contribution in [0.15, 0.2) is 65.3 Å². The van der Waals surface area contributed by atoms with Crippen LogP contribution in [0.2, 0.25) is 0 Å². The topological polar surface area (TPSA) is 89.8 Å². The van der Waals surface area contributed by atoms with Crippen LogP contribution in [0.4, 0.5) is 11.4 Å². The molecule has 0 spiro atoms. The van der Waals surface area contributed by atoms with E-state index in [4.69, 9.17) is 13.9 Å². The summed E-state index contributed by atoms with van der Waals surface area (Å²) in [6, 6.07) is 15.5. The van der Waals surface area contributed by atoms with Gasteiger partial charge >= 0.3 is 0 Å². The fraction of sp³-hybridized carbons (Fsp3) is 0.143. The molecule has 0 radical (unpaired) electrons. The Morgan fingerprint density at radius 3 is 2.61 bits per heavy atom. The second kappa shape index (κ2) is 8.77. The fourth-order valence-electron chi connectivity index (χ4n) is 2.52. The standard InChI is InChI=1S/C21H20N2O5/c1-14-5-3-6-16(11-14)28-13-20(24)23-17-12-15(8-9-18(17)26-2)22-21(25)19-7-4-10-27-19/h3-12H,13H2,1-2H3,(H,22,25)(H,23,24). The van der Waals surface area contributed by atoms with E-state index in [0.29, 0.717) is 22.9 Å². The molecule has 2 amide bonds. The number of carbonyl (C=O) groups is 2. The summed E-state index contributed by atoms with van der Waals surface area (Å²) in [6.07, 6.45) is 1.42. The Hall–Kier alpha value is -3.74. The Balaban J connectivity index is 1.66. The molecular formula is C21H20N2O5. The van der Waals surface area contributed by atoms with Crippen LogP contribution < -0.4 is 20.1 Å². The maximum atomic E-state index is 12.3. The third kappa shape index (κ3) is 4.91. The quantitative estimate of drug-likeness (QED) is 0.649. The van der Waals surface area contributed by atoms with E-state index in [0.717, 1.165) is 5.56 Å². The van der Waals surface area contributed by atoms with Crippen LogP contribution in [0.1, 0.15) is 16.1 Å². The number of hydrogen-bond acceptors (Lipinski definition) is 5. The number of hydrogen-bond donors (Lipinski definition) is 2. The van der Waals surface area contributed by atoms with Gasteiger partial charge in [-0.05, 0) is 55.0 Å². The zero-order chi connectivity index (χ0) is 19.9. The summed E-state index contributed by atoms with van der Waals surface area (Å²) in [5.74, 6) is 0.513. The highest BCUT2D eigenvalue weighted by atomic mass is 16.5. The van der Waals surface area contributed by atoms with Gasteiger partial charge in [-0.3, -0.25) is 9.59 Å². The highest BCUT2D eigenvalue weighted by Crippen LogP contribution is 2.28. The molecule has 0 unspecified atom stereocenters. The van der Waals surface area contributed by atoms with Crippen molar-refractivity contribution >= 4 is 23.2 Å². The maximum Gasteiger partial charge on any atom is 0.291 e. The molecule has 3 rings (SSSR count). The van der Waals surface area contributed by atoms with Gasteiger partial charge in [0.25, 0.3) is 11.8 Å². The van der Waals surface area contributed by atoms with Gasteiger partial charge in [0.05, 0.1) is 19.1 Å². The molecule has 0 saturated carbocycles. The maximum absolute atomic E-state index is 12.3. The van der Waals surface area contributed by atoms with Gasteiger partial charge in [-0.2, -0.15) is 0 Å². The summed E-state index contributed by atoms with van der Waals surface area (Å²) in [4.78, 5) is 24.4. The van der Waals surface area contributed by atoms with E-state index in [1.165, 1.54) is 13.4 Å². The van der Waals surface area contributed by atoms with Crippen LogP contribution in [-0.2, 0) is 4.79 Å². The summed E-state index contributed by atoms with van der Waals surface area (Å²) in [7, 11) is 1.50. The van der Waals surface area contributed by atoms with E-state index < -0.39 is 5.91 Å². The second-order valence-electron chi connectivity index (χ2n) is 6.00. The Morgan fingerprint density at radius 1 is 1.04 bits per heavy atom. The molecule has 0 atom stereocenters. The molecule has 7 heteroatoms. The fourth-order valence-corrected chi connectivity index (χ4v) is 2.52. The average Bonchev–Trinajstić information content (AvgIpc) is 3.22. The Morgan fingerprint density at radius 2 is 1.89 bits per heavy atom. The molecular weight excluding hydrogens is 360 g/mol. The van der Waals surface area contributed by atoms with E-state index in [1.54, 1.807) is 36.4 Å². The van der Waals surface area contributed by atoms with Crippen molar-refractivity contribution < 1.29 is 23.5 Å². The first-order valence-corrected chi connectivity index (χ1v) is 8.57. The minimum Gasteiger partial charge on any atom is -0.495 e. The van der Waals surface area contributed by atoms with Crippen molar-refractivity contribution in [2.75, 3.05) is 24.4 Å². The van der Waals surface area contributed by atoms with Crippen LogP contribution in [0.25, 0.3) is 0 Å². The lowest BCUT2D eigenvalue weighted by molar-refractivity contribution is -0.118. The molecule has 0 aliphatic rings. The molecule has 1 heterocycles. The first-order chi connectivity index (χ1) is 13.5. The van der Waals surface area contributed by atoms with E-state index >= 15 is 0 Å². The highest BCUT2D eigenvalue weighted by Gasteiger charge is 2.13. The Labute approximate surface area is 162 Å². The number of furan rings is 1. The molecule has 0 bridgehead atoms. The van der Waals surface area contributed by atoms with Crippen molar-refractivity contribution in [2.45, 2.75) is 6.92 Å². The van der Waals surface area contributed by atoms with E-state index in [-0.39, 0.29) is 18.3 Å². The van der Waals surface area contributed by atoms with Crippen LogP contribution >= 0.6 is 0 Å². The smallest absolute Gasteiger partial charge is 0.291 e. The number of benzene rings is 2. The first kappa shape index (κ1) is 19.0. The number of amides is 2. The van der Waals surface area contributed by atoms with Gasteiger partial charge in [-0.15, -0.1) is 0 Å². The third-order valence-electron chi connectivity index (χ3n) is 3.84. The first-order valence-electron chi connectivity index (χ1n) is 8.57.